The van der Waals surface area contributed by atoms with E-state index in [1.165, 1.54) is 6.21 Å². The normalized spacial score (nSPS) is 10.9. The van der Waals surface area contributed by atoms with Gasteiger partial charge in [0, 0.05) is 10.0 Å². The number of amides is 1. The van der Waals surface area contributed by atoms with Crippen molar-refractivity contribution in [3.63, 3.8) is 0 Å². The lowest BCUT2D eigenvalue weighted by Crippen LogP contribution is -2.24. The molecule has 0 fully saturated rings. The molecule has 0 aliphatic rings. The van der Waals surface area contributed by atoms with E-state index >= 15 is 0 Å². The van der Waals surface area contributed by atoms with Crippen molar-refractivity contribution in [1.29, 1.82) is 0 Å². The number of nitrogens with one attached hydrogen (secondary N) is 1. The minimum Gasteiger partial charge on any atom is -0.484 e. The largest absolute Gasteiger partial charge is 0.484 e. The van der Waals surface area contributed by atoms with Crippen LogP contribution < -0.4 is 10.2 Å². The number of ether oxygens (including phenoxy) is 1. The van der Waals surface area contributed by atoms with Gasteiger partial charge in [-0.25, -0.2) is 5.43 Å². The van der Waals surface area contributed by atoms with Crippen molar-refractivity contribution in [1.82, 2.24) is 5.43 Å². The molecule has 0 bridgehead atoms. The van der Waals surface area contributed by atoms with Gasteiger partial charge in [-0.1, -0.05) is 34.1 Å². The molecule has 1 aromatic heterocycles. The Balaban J connectivity index is 1.54. The third-order valence-electron chi connectivity index (χ3n) is 3.76. The maximum absolute atomic E-state index is 11.8. The highest BCUT2D eigenvalue weighted by Crippen LogP contribution is 2.30. The van der Waals surface area contributed by atoms with Gasteiger partial charge in [-0.3, -0.25) is 4.79 Å². The molecule has 138 valence electrons. The molecule has 1 heterocycles. The topological polar surface area (TPSA) is 63.8 Å². The molecular weight excluding hydrogens is 408 g/mol. The molecule has 0 spiro atoms. The van der Waals surface area contributed by atoms with Crippen molar-refractivity contribution < 1.29 is 13.9 Å². The molecule has 3 rings (SSSR count). The zero-order chi connectivity index (χ0) is 19.2. The Morgan fingerprint density at radius 3 is 2.74 bits per heavy atom. The van der Waals surface area contributed by atoms with Gasteiger partial charge >= 0.3 is 0 Å². The Kier molecular flexibility index (Phi) is 6.08. The average molecular weight is 427 g/mol. The fourth-order valence-electron chi connectivity index (χ4n) is 2.44. The molecule has 0 radical (unpaired) electrons. The van der Waals surface area contributed by atoms with E-state index in [0.717, 1.165) is 26.9 Å². The van der Waals surface area contributed by atoms with Crippen LogP contribution in [0.15, 0.2) is 68.6 Å². The number of hydrazone groups is 1. The van der Waals surface area contributed by atoms with E-state index in [1.807, 2.05) is 56.3 Å². The van der Waals surface area contributed by atoms with Crippen LogP contribution in [0.1, 0.15) is 16.9 Å². The number of hydrogen-bond acceptors (Lipinski definition) is 4. The monoisotopic (exact) mass is 426 g/mol. The van der Waals surface area contributed by atoms with E-state index in [4.69, 9.17) is 9.15 Å². The van der Waals surface area contributed by atoms with Gasteiger partial charge in [0.15, 0.2) is 6.61 Å². The molecule has 0 saturated carbocycles. The summed E-state index contributed by atoms with van der Waals surface area (Å²) < 4.78 is 12.1. The number of hydrogen-bond donors (Lipinski definition) is 1. The minimum absolute atomic E-state index is 0.111. The zero-order valence-corrected chi connectivity index (χ0v) is 16.6. The van der Waals surface area contributed by atoms with Crippen LogP contribution in [0, 0.1) is 13.8 Å². The van der Waals surface area contributed by atoms with Crippen molar-refractivity contribution >= 4 is 28.1 Å². The lowest BCUT2D eigenvalue weighted by Gasteiger charge is -2.05. The van der Waals surface area contributed by atoms with Gasteiger partial charge in [0.1, 0.15) is 17.3 Å². The van der Waals surface area contributed by atoms with Crippen LogP contribution in [-0.4, -0.2) is 18.7 Å². The molecule has 6 heteroatoms. The fourth-order valence-corrected chi connectivity index (χ4v) is 3.13. The van der Waals surface area contributed by atoms with Crippen molar-refractivity contribution in [3.8, 4) is 17.1 Å². The summed E-state index contributed by atoms with van der Waals surface area (Å²) in [6, 6.07) is 17.2. The van der Waals surface area contributed by atoms with Crippen molar-refractivity contribution in [2.24, 2.45) is 5.10 Å². The maximum atomic E-state index is 11.8. The number of benzene rings is 2. The Bertz CT molecular complexity index is 979. The summed E-state index contributed by atoms with van der Waals surface area (Å²) in [5.74, 6) is 1.56. The first-order valence-electron chi connectivity index (χ1n) is 8.39. The first kappa shape index (κ1) is 18.9. The Hall–Kier alpha value is -2.86. The van der Waals surface area contributed by atoms with Crippen LogP contribution in [0.5, 0.6) is 5.75 Å². The van der Waals surface area contributed by atoms with Gasteiger partial charge in [0.05, 0.1) is 6.21 Å². The Labute approximate surface area is 166 Å². The van der Waals surface area contributed by atoms with Crippen LogP contribution in [0.3, 0.4) is 0 Å². The maximum Gasteiger partial charge on any atom is 0.277 e. The molecule has 0 unspecified atom stereocenters. The smallest absolute Gasteiger partial charge is 0.277 e. The number of rotatable bonds is 6. The fraction of sp³-hybridized carbons (Fsp3) is 0.143. The molecular formula is C21H19BrN2O3. The van der Waals surface area contributed by atoms with Gasteiger partial charge < -0.3 is 9.15 Å². The van der Waals surface area contributed by atoms with Crippen molar-refractivity contribution in [3.05, 3.63) is 76.0 Å². The summed E-state index contributed by atoms with van der Waals surface area (Å²) in [6.07, 6.45) is 1.45. The van der Waals surface area contributed by atoms with Crippen LogP contribution in [-0.2, 0) is 4.79 Å². The zero-order valence-electron chi connectivity index (χ0n) is 15.0. The second-order valence-corrected chi connectivity index (χ2v) is 6.94. The van der Waals surface area contributed by atoms with Gasteiger partial charge in [0.25, 0.3) is 5.91 Å². The number of halogens is 1. The van der Waals surface area contributed by atoms with Gasteiger partial charge in [0.2, 0.25) is 0 Å². The summed E-state index contributed by atoms with van der Waals surface area (Å²) in [5.41, 5.74) is 5.61. The summed E-state index contributed by atoms with van der Waals surface area (Å²) in [4.78, 5) is 11.8. The molecule has 3 aromatic rings. The SMILES string of the molecule is Cc1cccc(OCC(=O)N/N=C\c2ccc(-c3ccc(C)cc3Br)o2)c1. The third-order valence-corrected chi connectivity index (χ3v) is 4.41. The van der Waals surface area contributed by atoms with Crippen molar-refractivity contribution in [2.45, 2.75) is 13.8 Å². The summed E-state index contributed by atoms with van der Waals surface area (Å²) in [5, 5.41) is 3.90. The Morgan fingerprint density at radius 1 is 1.15 bits per heavy atom. The number of carbonyl (C=O) groups excluding carboxylic acids is 1. The Morgan fingerprint density at radius 2 is 1.96 bits per heavy atom. The molecule has 27 heavy (non-hydrogen) atoms. The first-order chi connectivity index (χ1) is 13.0. The number of aryl methyl sites for hydroxylation is 2. The van der Waals surface area contributed by atoms with E-state index in [0.29, 0.717) is 11.5 Å². The van der Waals surface area contributed by atoms with E-state index < -0.39 is 0 Å². The number of furan rings is 1. The van der Waals surface area contributed by atoms with E-state index in [1.54, 1.807) is 12.1 Å². The number of nitrogens with zero attached hydrogens (tertiary/aromatic N) is 1. The molecule has 2 aromatic carbocycles. The second kappa shape index (κ2) is 8.68. The van der Waals surface area contributed by atoms with Gasteiger partial charge in [-0.05, 0) is 61.4 Å². The molecule has 0 aliphatic carbocycles. The van der Waals surface area contributed by atoms with Crippen LogP contribution >= 0.6 is 15.9 Å². The third kappa shape index (κ3) is 5.31. The van der Waals surface area contributed by atoms with E-state index in [9.17, 15) is 4.79 Å². The molecule has 5 nitrogen and oxygen atoms in total. The first-order valence-corrected chi connectivity index (χ1v) is 9.18. The lowest BCUT2D eigenvalue weighted by molar-refractivity contribution is -0.123. The van der Waals surface area contributed by atoms with Gasteiger partial charge in [-0.2, -0.15) is 5.10 Å². The molecule has 0 atom stereocenters. The summed E-state index contributed by atoms with van der Waals surface area (Å²) >= 11 is 3.54. The lowest BCUT2D eigenvalue weighted by atomic mass is 10.1. The van der Waals surface area contributed by atoms with Crippen molar-refractivity contribution in [2.75, 3.05) is 6.61 Å². The quantitative estimate of drug-likeness (QED) is 0.452. The summed E-state index contributed by atoms with van der Waals surface area (Å²) in [7, 11) is 0. The van der Waals surface area contributed by atoms with Crippen LogP contribution in [0.4, 0.5) is 0 Å². The minimum atomic E-state index is -0.346. The predicted octanol–water partition coefficient (Wildman–Crippen LogP) is 4.86. The second-order valence-electron chi connectivity index (χ2n) is 6.08. The molecule has 1 N–H and O–H groups in total. The summed E-state index contributed by atoms with van der Waals surface area (Å²) in [6.45, 7) is 3.88. The predicted molar refractivity (Wildman–Crippen MR) is 109 cm³/mol. The standard InChI is InChI=1S/C21H19BrN2O3/c1-14-4-3-5-16(10-14)26-13-21(25)24-23-12-17-7-9-20(27-17)18-8-6-15(2)11-19(18)22/h3-12H,13H2,1-2H3,(H,24,25)/b23-12-. The van der Waals surface area contributed by atoms with Gasteiger partial charge in [-0.15, -0.1) is 0 Å². The highest BCUT2D eigenvalue weighted by Gasteiger charge is 2.08. The number of carbonyl (C=O) groups is 1. The van der Waals surface area contributed by atoms with Crippen LogP contribution in [0.2, 0.25) is 0 Å². The van der Waals surface area contributed by atoms with Crippen LogP contribution in [0.25, 0.3) is 11.3 Å². The highest BCUT2D eigenvalue weighted by molar-refractivity contribution is 9.10. The molecule has 0 saturated heterocycles. The van der Waals surface area contributed by atoms with E-state index in [-0.39, 0.29) is 12.5 Å². The molecule has 0 aliphatic heterocycles. The van der Waals surface area contributed by atoms with E-state index in [2.05, 4.69) is 26.5 Å². The highest BCUT2D eigenvalue weighted by atomic mass is 79.9. The average Bonchev–Trinajstić information content (AvgIpc) is 3.08. The molecule has 1 amide bonds.